The molecule has 1 heterocycles. The molecule has 0 bridgehead atoms. The molecule has 20 heavy (non-hydrogen) atoms. The van der Waals surface area contributed by atoms with Crippen LogP contribution in [-0.2, 0) is 16.1 Å². The number of amides is 1. The van der Waals surface area contributed by atoms with Crippen molar-refractivity contribution in [3.05, 3.63) is 35.4 Å². The summed E-state index contributed by atoms with van der Waals surface area (Å²) >= 11 is 0. The molecule has 0 aliphatic carbocycles. The van der Waals surface area contributed by atoms with Crippen LogP contribution in [0.5, 0.6) is 0 Å². The van der Waals surface area contributed by atoms with Gasteiger partial charge in [0.15, 0.2) is 0 Å². The predicted molar refractivity (Wildman–Crippen MR) is 73.4 cm³/mol. The molecule has 0 aromatic heterocycles. The highest BCUT2D eigenvalue weighted by Crippen LogP contribution is 2.17. The van der Waals surface area contributed by atoms with E-state index in [1.165, 1.54) is 0 Å². The Kier molecular flexibility index (Phi) is 5.12. The first-order valence-electron chi connectivity index (χ1n) is 6.82. The Morgan fingerprint density at radius 1 is 1.30 bits per heavy atom. The van der Waals surface area contributed by atoms with Crippen molar-refractivity contribution in [1.82, 2.24) is 5.32 Å². The first-order valence-corrected chi connectivity index (χ1v) is 6.82. The van der Waals surface area contributed by atoms with Gasteiger partial charge in [-0.15, -0.1) is 0 Å². The SMILES string of the molecule is O=C(CCC1CCOC1)NCc1ccc(C(=O)O)cc1. The average molecular weight is 277 g/mol. The Morgan fingerprint density at radius 2 is 2.05 bits per heavy atom. The fourth-order valence-corrected chi connectivity index (χ4v) is 2.20. The number of carbonyl (C=O) groups is 2. The van der Waals surface area contributed by atoms with E-state index in [1.54, 1.807) is 24.3 Å². The summed E-state index contributed by atoms with van der Waals surface area (Å²) in [6.45, 7) is 2.01. The number of benzene rings is 1. The van der Waals surface area contributed by atoms with Crippen molar-refractivity contribution in [1.29, 1.82) is 0 Å². The summed E-state index contributed by atoms with van der Waals surface area (Å²) in [7, 11) is 0. The highest BCUT2D eigenvalue weighted by Gasteiger charge is 2.16. The number of carboxylic acid groups (broad SMARTS) is 1. The van der Waals surface area contributed by atoms with Gasteiger partial charge in [0.05, 0.1) is 5.56 Å². The topological polar surface area (TPSA) is 75.6 Å². The van der Waals surface area contributed by atoms with Crippen LogP contribution in [0.4, 0.5) is 0 Å². The maximum atomic E-state index is 11.7. The minimum absolute atomic E-state index is 0.0270. The Morgan fingerprint density at radius 3 is 2.65 bits per heavy atom. The van der Waals surface area contributed by atoms with Crippen molar-refractivity contribution in [3.8, 4) is 0 Å². The van der Waals surface area contributed by atoms with Gasteiger partial charge in [0.2, 0.25) is 5.91 Å². The van der Waals surface area contributed by atoms with Crippen molar-refractivity contribution in [2.75, 3.05) is 13.2 Å². The average Bonchev–Trinajstić information content (AvgIpc) is 2.96. The molecule has 0 saturated carbocycles. The number of aromatic carboxylic acids is 1. The van der Waals surface area contributed by atoms with Gasteiger partial charge < -0.3 is 15.2 Å². The van der Waals surface area contributed by atoms with E-state index in [2.05, 4.69) is 5.32 Å². The first kappa shape index (κ1) is 14.5. The van der Waals surface area contributed by atoms with Gasteiger partial charge in [0.25, 0.3) is 0 Å². The fourth-order valence-electron chi connectivity index (χ4n) is 2.20. The molecule has 2 rings (SSSR count). The summed E-state index contributed by atoms with van der Waals surface area (Å²) in [4.78, 5) is 22.4. The summed E-state index contributed by atoms with van der Waals surface area (Å²) in [6.07, 6.45) is 2.43. The van der Waals surface area contributed by atoms with Crippen molar-refractivity contribution in [2.45, 2.75) is 25.8 Å². The number of rotatable bonds is 6. The Labute approximate surface area is 117 Å². The molecule has 108 valence electrons. The zero-order valence-corrected chi connectivity index (χ0v) is 11.3. The number of ether oxygens (including phenoxy) is 1. The quantitative estimate of drug-likeness (QED) is 0.831. The van der Waals surface area contributed by atoms with Crippen LogP contribution in [0.1, 0.15) is 35.2 Å². The third kappa shape index (κ3) is 4.35. The molecule has 1 aliphatic heterocycles. The Balaban J connectivity index is 1.70. The van der Waals surface area contributed by atoms with Crippen LogP contribution in [0, 0.1) is 5.92 Å². The highest BCUT2D eigenvalue weighted by molar-refractivity contribution is 5.87. The molecule has 2 N–H and O–H groups in total. The molecule has 1 atom stereocenters. The molecule has 1 aromatic carbocycles. The van der Waals surface area contributed by atoms with Crippen LogP contribution in [0.15, 0.2) is 24.3 Å². The van der Waals surface area contributed by atoms with Crippen LogP contribution in [0.3, 0.4) is 0 Å². The van der Waals surface area contributed by atoms with Gasteiger partial charge in [-0.2, -0.15) is 0 Å². The van der Waals surface area contributed by atoms with Crippen LogP contribution >= 0.6 is 0 Å². The number of carbonyl (C=O) groups excluding carboxylic acids is 1. The summed E-state index contributed by atoms with van der Waals surface area (Å²) in [5.41, 5.74) is 1.15. The van der Waals surface area contributed by atoms with E-state index in [-0.39, 0.29) is 11.5 Å². The summed E-state index contributed by atoms with van der Waals surface area (Å²) < 4.78 is 5.27. The second-order valence-corrected chi connectivity index (χ2v) is 5.05. The Hall–Kier alpha value is -1.88. The van der Waals surface area contributed by atoms with Gasteiger partial charge in [-0.25, -0.2) is 4.79 Å². The summed E-state index contributed by atoms with van der Waals surface area (Å²) in [5.74, 6) is -0.408. The monoisotopic (exact) mass is 277 g/mol. The molecule has 1 fully saturated rings. The maximum absolute atomic E-state index is 11.7. The smallest absolute Gasteiger partial charge is 0.335 e. The molecular weight excluding hydrogens is 258 g/mol. The van der Waals surface area contributed by atoms with Crippen LogP contribution in [0.2, 0.25) is 0 Å². The van der Waals surface area contributed by atoms with E-state index in [1.807, 2.05) is 0 Å². The van der Waals surface area contributed by atoms with Crippen molar-refractivity contribution in [2.24, 2.45) is 5.92 Å². The van der Waals surface area contributed by atoms with E-state index in [0.717, 1.165) is 31.6 Å². The fraction of sp³-hybridized carbons (Fsp3) is 0.467. The number of carboxylic acids is 1. The van der Waals surface area contributed by atoms with Crippen molar-refractivity contribution in [3.63, 3.8) is 0 Å². The number of hydrogen-bond acceptors (Lipinski definition) is 3. The van der Waals surface area contributed by atoms with E-state index in [4.69, 9.17) is 9.84 Å². The Bertz CT molecular complexity index is 463. The molecular formula is C15H19NO4. The summed E-state index contributed by atoms with van der Waals surface area (Å²) in [5, 5.41) is 11.6. The maximum Gasteiger partial charge on any atom is 0.335 e. The molecule has 1 saturated heterocycles. The molecule has 1 aliphatic rings. The first-order chi connectivity index (χ1) is 9.65. The highest BCUT2D eigenvalue weighted by atomic mass is 16.5. The van der Waals surface area contributed by atoms with Crippen LogP contribution in [-0.4, -0.2) is 30.2 Å². The molecule has 1 amide bonds. The minimum Gasteiger partial charge on any atom is -0.478 e. The van der Waals surface area contributed by atoms with E-state index >= 15 is 0 Å². The number of nitrogens with one attached hydrogen (secondary N) is 1. The lowest BCUT2D eigenvalue weighted by molar-refractivity contribution is -0.121. The normalized spacial score (nSPS) is 17.9. The van der Waals surface area contributed by atoms with Gasteiger partial charge in [0, 0.05) is 26.2 Å². The zero-order chi connectivity index (χ0) is 14.4. The van der Waals surface area contributed by atoms with Gasteiger partial charge in [-0.3, -0.25) is 4.79 Å². The van der Waals surface area contributed by atoms with Gasteiger partial charge in [-0.05, 0) is 36.5 Å². The van der Waals surface area contributed by atoms with Gasteiger partial charge in [-0.1, -0.05) is 12.1 Å². The molecule has 0 radical (unpaired) electrons. The summed E-state index contributed by atoms with van der Waals surface area (Å²) in [6, 6.07) is 6.52. The van der Waals surface area contributed by atoms with E-state index in [9.17, 15) is 9.59 Å². The second-order valence-electron chi connectivity index (χ2n) is 5.05. The van der Waals surface area contributed by atoms with Crippen LogP contribution < -0.4 is 5.32 Å². The molecule has 1 aromatic rings. The largest absolute Gasteiger partial charge is 0.478 e. The lowest BCUT2D eigenvalue weighted by atomic mass is 10.0. The second kappa shape index (κ2) is 7.05. The zero-order valence-electron chi connectivity index (χ0n) is 11.3. The third-order valence-electron chi connectivity index (χ3n) is 3.49. The van der Waals surface area contributed by atoms with Gasteiger partial charge in [0.1, 0.15) is 0 Å². The van der Waals surface area contributed by atoms with Crippen molar-refractivity contribution < 1.29 is 19.4 Å². The molecule has 5 heteroatoms. The molecule has 0 spiro atoms. The van der Waals surface area contributed by atoms with Crippen molar-refractivity contribution >= 4 is 11.9 Å². The minimum atomic E-state index is -0.945. The van der Waals surface area contributed by atoms with E-state index < -0.39 is 5.97 Å². The van der Waals surface area contributed by atoms with E-state index in [0.29, 0.717) is 18.9 Å². The standard InChI is InChI=1S/C15H19NO4/c17-14(6-3-12-7-8-20-10-12)16-9-11-1-4-13(5-2-11)15(18)19/h1-2,4-5,12H,3,6-10H2,(H,16,17)(H,18,19). The van der Waals surface area contributed by atoms with Crippen LogP contribution in [0.25, 0.3) is 0 Å². The lowest BCUT2D eigenvalue weighted by Crippen LogP contribution is -2.23. The number of hydrogen-bond donors (Lipinski definition) is 2. The van der Waals surface area contributed by atoms with Gasteiger partial charge >= 0.3 is 5.97 Å². The molecule has 5 nitrogen and oxygen atoms in total. The predicted octanol–water partition coefficient (Wildman–Crippen LogP) is 1.82. The molecule has 1 unspecified atom stereocenters. The lowest BCUT2D eigenvalue weighted by Gasteiger charge is -2.08. The third-order valence-corrected chi connectivity index (χ3v) is 3.49.